The van der Waals surface area contributed by atoms with Crippen molar-refractivity contribution in [3.05, 3.63) is 59.7 Å². The summed E-state index contributed by atoms with van der Waals surface area (Å²) in [7, 11) is 0. The number of phenols is 1. The second kappa shape index (κ2) is 4.28. The highest BCUT2D eigenvalue weighted by molar-refractivity contribution is 5.38. The van der Waals surface area contributed by atoms with Gasteiger partial charge in [-0.15, -0.1) is 0 Å². The molecule has 0 fully saturated rings. The summed E-state index contributed by atoms with van der Waals surface area (Å²) in [5.41, 5.74) is 0.474. The van der Waals surface area contributed by atoms with Gasteiger partial charge in [0.05, 0.1) is 5.69 Å². The molecule has 0 spiro atoms. The Labute approximate surface area is 91.8 Å². The first-order valence-corrected chi connectivity index (χ1v) is 4.76. The zero-order valence-corrected chi connectivity index (χ0v) is 8.34. The molecule has 3 nitrogen and oxygen atoms in total. The van der Waals surface area contributed by atoms with E-state index in [1.54, 1.807) is 18.2 Å². The molecule has 0 amide bonds. The topological polar surface area (TPSA) is 53.4 Å². The molecule has 1 heterocycles. The molecule has 0 radical (unpaired) electrons. The minimum absolute atomic E-state index is 0.110. The number of pyridine rings is 1. The molecular weight excluding hydrogens is 209 g/mol. The molecule has 0 aliphatic carbocycles. The number of hydrogen-bond acceptors (Lipinski definition) is 3. The van der Waals surface area contributed by atoms with Gasteiger partial charge in [-0.1, -0.05) is 18.2 Å². The lowest BCUT2D eigenvalue weighted by atomic mass is 10.0. The van der Waals surface area contributed by atoms with Crippen LogP contribution < -0.4 is 0 Å². The van der Waals surface area contributed by atoms with E-state index >= 15 is 0 Å². The van der Waals surface area contributed by atoms with Crippen molar-refractivity contribution in [2.24, 2.45) is 0 Å². The Balaban J connectivity index is 2.42. The van der Waals surface area contributed by atoms with Crippen LogP contribution in [0.15, 0.2) is 42.6 Å². The van der Waals surface area contributed by atoms with E-state index in [1.807, 2.05) is 0 Å². The van der Waals surface area contributed by atoms with Crippen LogP contribution in [0.3, 0.4) is 0 Å². The van der Waals surface area contributed by atoms with Crippen LogP contribution >= 0.6 is 0 Å². The number of aliphatic hydroxyl groups excluding tert-OH is 1. The summed E-state index contributed by atoms with van der Waals surface area (Å²) >= 11 is 0. The number of halogens is 1. The van der Waals surface area contributed by atoms with Gasteiger partial charge in [0, 0.05) is 11.8 Å². The molecule has 1 aromatic heterocycles. The van der Waals surface area contributed by atoms with Crippen LogP contribution in [-0.2, 0) is 0 Å². The number of aromatic hydroxyl groups is 1. The molecule has 0 aliphatic rings. The predicted molar refractivity (Wildman–Crippen MR) is 56.4 cm³/mol. The second-order valence-electron chi connectivity index (χ2n) is 3.33. The molecule has 1 unspecified atom stereocenters. The van der Waals surface area contributed by atoms with Gasteiger partial charge in [0.15, 0.2) is 11.6 Å². The maximum atomic E-state index is 13.1. The molecule has 0 bridgehead atoms. The average Bonchev–Trinajstić information content (AvgIpc) is 2.33. The molecular formula is C12H10FNO2. The van der Waals surface area contributed by atoms with Gasteiger partial charge in [-0.3, -0.25) is 4.98 Å². The average molecular weight is 219 g/mol. The van der Waals surface area contributed by atoms with E-state index in [4.69, 9.17) is 0 Å². The molecule has 2 rings (SSSR count). The standard InChI is InChI=1S/C12H10FNO2/c13-9-5-3-4-8(11(9)15)12(16)10-6-1-2-7-14-10/h1-7,12,15-16H. The van der Waals surface area contributed by atoms with E-state index in [-0.39, 0.29) is 5.56 Å². The maximum absolute atomic E-state index is 13.1. The van der Waals surface area contributed by atoms with E-state index in [0.717, 1.165) is 6.07 Å². The summed E-state index contributed by atoms with van der Waals surface area (Å²) in [5.74, 6) is -1.30. The third kappa shape index (κ3) is 1.87. The Bertz CT molecular complexity index is 488. The van der Waals surface area contributed by atoms with Gasteiger partial charge >= 0.3 is 0 Å². The molecule has 0 saturated carbocycles. The van der Waals surface area contributed by atoms with Gasteiger partial charge in [0.2, 0.25) is 0 Å². The van der Waals surface area contributed by atoms with Crippen molar-refractivity contribution in [3.8, 4) is 5.75 Å². The lowest BCUT2D eigenvalue weighted by Crippen LogP contribution is -2.02. The van der Waals surface area contributed by atoms with Gasteiger partial charge < -0.3 is 10.2 Å². The van der Waals surface area contributed by atoms with Crippen LogP contribution in [0.2, 0.25) is 0 Å². The molecule has 0 saturated heterocycles. The van der Waals surface area contributed by atoms with Gasteiger partial charge in [-0.2, -0.15) is 0 Å². The molecule has 1 aromatic carbocycles. The second-order valence-corrected chi connectivity index (χ2v) is 3.33. The van der Waals surface area contributed by atoms with Crippen molar-refractivity contribution in [3.63, 3.8) is 0 Å². The largest absolute Gasteiger partial charge is 0.505 e. The summed E-state index contributed by atoms with van der Waals surface area (Å²) in [6.45, 7) is 0. The van der Waals surface area contributed by atoms with Crippen molar-refractivity contribution >= 4 is 0 Å². The number of aromatic nitrogens is 1. The molecule has 2 aromatic rings. The fourth-order valence-electron chi connectivity index (χ4n) is 1.45. The zero-order chi connectivity index (χ0) is 11.5. The lowest BCUT2D eigenvalue weighted by Gasteiger charge is -2.12. The molecule has 2 N–H and O–H groups in total. The number of aliphatic hydroxyl groups is 1. The molecule has 4 heteroatoms. The molecule has 82 valence electrons. The molecule has 16 heavy (non-hydrogen) atoms. The van der Waals surface area contributed by atoms with E-state index in [0.29, 0.717) is 5.69 Å². The number of rotatable bonds is 2. The highest BCUT2D eigenvalue weighted by Crippen LogP contribution is 2.29. The van der Waals surface area contributed by atoms with E-state index in [1.165, 1.54) is 18.3 Å². The number of phenolic OH excluding ortho intramolecular Hbond substituents is 1. The monoisotopic (exact) mass is 219 g/mol. The van der Waals surface area contributed by atoms with E-state index < -0.39 is 17.7 Å². The number of hydrogen-bond donors (Lipinski definition) is 2. The lowest BCUT2D eigenvalue weighted by molar-refractivity contribution is 0.209. The fourth-order valence-corrected chi connectivity index (χ4v) is 1.45. The zero-order valence-electron chi connectivity index (χ0n) is 8.34. The number of para-hydroxylation sites is 1. The first kappa shape index (κ1) is 10.6. The quantitative estimate of drug-likeness (QED) is 0.812. The van der Waals surface area contributed by atoms with Crippen LogP contribution in [0.5, 0.6) is 5.75 Å². The predicted octanol–water partition coefficient (Wildman–Crippen LogP) is 2.01. The SMILES string of the molecule is Oc1c(F)cccc1C(O)c1ccccn1. The van der Waals surface area contributed by atoms with Gasteiger partial charge in [0.25, 0.3) is 0 Å². The summed E-state index contributed by atoms with van der Waals surface area (Å²) in [6, 6.07) is 9.04. The van der Waals surface area contributed by atoms with E-state index in [2.05, 4.69) is 4.98 Å². The van der Waals surface area contributed by atoms with Crippen LogP contribution in [0.4, 0.5) is 4.39 Å². The maximum Gasteiger partial charge on any atom is 0.165 e. The minimum Gasteiger partial charge on any atom is -0.505 e. The summed E-state index contributed by atoms with van der Waals surface area (Å²) < 4.78 is 13.1. The summed E-state index contributed by atoms with van der Waals surface area (Å²) in [4.78, 5) is 3.94. The van der Waals surface area contributed by atoms with Crippen LogP contribution in [-0.4, -0.2) is 15.2 Å². The fraction of sp³-hybridized carbons (Fsp3) is 0.0833. The smallest absolute Gasteiger partial charge is 0.165 e. The first-order chi connectivity index (χ1) is 7.70. The Hall–Kier alpha value is -1.94. The summed E-state index contributed by atoms with van der Waals surface area (Å²) in [6.07, 6.45) is 0.395. The van der Waals surface area contributed by atoms with E-state index in [9.17, 15) is 14.6 Å². The first-order valence-electron chi connectivity index (χ1n) is 4.76. The Morgan fingerprint density at radius 3 is 2.62 bits per heavy atom. The highest BCUT2D eigenvalue weighted by atomic mass is 19.1. The van der Waals surface area contributed by atoms with Crippen LogP contribution in [0, 0.1) is 5.82 Å². The van der Waals surface area contributed by atoms with Crippen molar-refractivity contribution in [2.75, 3.05) is 0 Å². The Morgan fingerprint density at radius 2 is 1.94 bits per heavy atom. The van der Waals surface area contributed by atoms with Crippen molar-refractivity contribution < 1.29 is 14.6 Å². The molecule has 0 aliphatic heterocycles. The van der Waals surface area contributed by atoms with Crippen LogP contribution in [0.25, 0.3) is 0 Å². The van der Waals surface area contributed by atoms with Gasteiger partial charge in [-0.25, -0.2) is 4.39 Å². The Morgan fingerprint density at radius 1 is 1.12 bits per heavy atom. The number of nitrogens with zero attached hydrogens (tertiary/aromatic N) is 1. The third-order valence-electron chi connectivity index (χ3n) is 2.28. The van der Waals surface area contributed by atoms with Crippen molar-refractivity contribution in [2.45, 2.75) is 6.10 Å². The highest BCUT2D eigenvalue weighted by Gasteiger charge is 2.17. The third-order valence-corrected chi connectivity index (χ3v) is 2.28. The van der Waals surface area contributed by atoms with Crippen LogP contribution in [0.1, 0.15) is 17.4 Å². The molecule has 1 atom stereocenters. The van der Waals surface area contributed by atoms with Crippen molar-refractivity contribution in [1.82, 2.24) is 4.98 Å². The Kier molecular flexibility index (Phi) is 2.83. The normalized spacial score (nSPS) is 12.4. The van der Waals surface area contributed by atoms with Crippen molar-refractivity contribution in [1.29, 1.82) is 0 Å². The summed E-state index contributed by atoms with van der Waals surface area (Å²) in [5, 5.41) is 19.4. The van der Waals surface area contributed by atoms with Gasteiger partial charge in [0.1, 0.15) is 6.10 Å². The minimum atomic E-state index is -1.13. The van der Waals surface area contributed by atoms with Gasteiger partial charge in [-0.05, 0) is 18.2 Å². The number of benzene rings is 1.